The minimum Gasteiger partial charge on any atom is -0.459 e. The predicted octanol–water partition coefficient (Wildman–Crippen LogP) is 4.68. The number of ether oxygens (including phenoxy) is 6. The fourth-order valence-electron chi connectivity index (χ4n) is 10.9. The van der Waals surface area contributed by atoms with E-state index >= 15 is 0 Å². The van der Waals surface area contributed by atoms with Crippen molar-refractivity contribution in [2.24, 2.45) is 11.8 Å². The number of likely N-dealkylation sites (N-methyl/N-ethyl adjacent to an activating group) is 2. The molecule has 5 heterocycles. The van der Waals surface area contributed by atoms with E-state index in [-0.39, 0.29) is 49.7 Å². The Morgan fingerprint density at radius 1 is 0.945 bits per heavy atom. The number of benzene rings is 1. The minimum absolute atomic E-state index is 0.00711. The van der Waals surface area contributed by atoms with Crippen LogP contribution in [0.5, 0.6) is 0 Å². The summed E-state index contributed by atoms with van der Waals surface area (Å²) in [6, 6.07) is 6.74. The molecular weight excluding hydrogens is 944 g/mol. The average molecular weight is 1030 g/mol. The van der Waals surface area contributed by atoms with E-state index in [9.17, 15) is 29.6 Å². The van der Waals surface area contributed by atoms with Crippen molar-refractivity contribution in [3.8, 4) is 11.1 Å². The molecule has 0 aliphatic carbocycles. The molecule has 6 N–H and O–H groups in total. The largest absolute Gasteiger partial charge is 0.459 e. The van der Waals surface area contributed by atoms with Crippen molar-refractivity contribution in [1.29, 1.82) is 0 Å². The van der Waals surface area contributed by atoms with Gasteiger partial charge in [0.25, 0.3) is 0 Å². The van der Waals surface area contributed by atoms with Gasteiger partial charge in [-0.15, -0.1) is 5.10 Å². The van der Waals surface area contributed by atoms with E-state index in [4.69, 9.17) is 34.2 Å². The van der Waals surface area contributed by atoms with Gasteiger partial charge in [-0.1, -0.05) is 43.3 Å². The van der Waals surface area contributed by atoms with Crippen LogP contribution in [0.1, 0.15) is 118 Å². The molecule has 0 amide bonds. The van der Waals surface area contributed by atoms with Gasteiger partial charge in [-0.3, -0.25) is 4.79 Å². The molecule has 6 rings (SSSR count). The number of alkyl halides is 1. The number of methoxy groups -OCH3 is 1. The highest BCUT2D eigenvalue weighted by molar-refractivity contribution is 5.73. The van der Waals surface area contributed by atoms with Gasteiger partial charge in [0.2, 0.25) is 5.95 Å². The van der Waals surface area contributed by atoms with Crippen LogP contribution in [0, 0.1) is 11.8 Å². The molecule has 20 heteroatoms. The van der Waals surface area contributed by atoms with Crippen molar-refractivity contribution in [3.63, 3.8) is 0 Å². The Balaban J connectivity index is 1.19. The van der Waals surface area contributed by atoms with E-state index in [0.29, 0.717) is 38.8 Å². The van der Waals surface area contributed by atoms with Gasteiger partial charge in [0.1, 0.15) is 30.6 Å². The molecule has 0 spiro atoms. The van der Waals surface area contributed by atoms with Gasteiger partial charge >= 0.3 is 5.97 Å². The third kappa shape index (κ3) is 14.6. The highest BCUT2D eigenvalue weighted by atomic mass is 19.1. The number of nitrogens with zero attached hydrogens (tertiary/aromatic N) is 7. The fraction of sp³-hybridized carbons (Fsp3) is 0.755. The smallest absolute Gasteiger partial charge is 0.311 e. The predicted molar refractivity (Wildman–Crippen MR) is 272 cm³/mol. The van der Waals surface area contributed by atoms with Crippen molar-refractivity contribution >= 4 is 11.9 Å². The first kappa shape index (κ1) is 58.5. The molecule has 2 aromatic heterocycles. The van der Waals surface area contributed by atoms with E-state index in [1.807, 2.05) is 70.2 Å². The summed E-state index contributed by atoms with van der Waals surface area (Å²) in [5.74, 6) is -1.59. The maximum atomic E-state index is 14.5. The lowest BCUT2D eigenvalue weighted by atomic mass is 9.83. The lowest BCUT2D eigenvalue weighted by Gasteiger charge is -2.46. The van der Waals surface area contributed by atoms with Crippen LogP contribution in [0.15, 0.2) is 42.9 Å². The van der Waals surface area contributed by atoms with E-state index in [1.165, 1.54) is 14.0 Å². The van der Waals surface area contributed by atoms with Crippen molar-refractivity contribution in [3.05, 3.63) is 54.1 Å². The molecule has 3 aromatic rings. The maximum Gasteiger partial charge on any atom is 0.311 e. The van der Waals surface area contributed by atoms with Crippen LogP contribution < -0.4 is 5.73 Å². The second-order valence-electron chi connectivity index (χ2n) is 22.1. The van der Waals surface area contributed by atoms with Gasteiger partial charge in [0.05, 0.1) is 53.3 Å². The number of nitrogen functional groups attached to an aromatic ring is 1. The van der Waals surface area contributed by atoms with E-state index in [0.717, 1.165) is 22.4 Å². The normalized spacial score (nSPS) is 37.1. The molecule has 0 bridgehead atoms. The van der Waals surface area contributed by atoms with Crippen LogP contribution in [0.4, 0.5) is 10.3 Å². The van der Waals surface area contributed by atoms with Gasteiger partial charge in [0, 0.05) is 82.1 Å². The first-order valence-electron chi connectivity index (χ1n) is 26.1. The molecule has 3 aliphatic heterocycles. The Hall–Kier alpha value is -3.80. The molecule has 0 unspecified atom stereocenters. The zero-order valence-electron chi connectivity index (χ0n) is 45.1. The van der Waals surface area contributed by atoms with Gasteiger partial charge in [-0.2, -0.15) is 0 Å². The molecule has 0 radical (unpaired) electrons. The fourth-order valence-corrected chi connectivity index (χ4v) is 10.9. The number of aromatic nitrogens is 5. The summed E-state index contributed by atoms with van der Waals surface area (Å²) in [6.07, 6.45) is 0.113. The topological polar surface area (TPSA) is 242 Å². The zero-order valence-corrected chi connectivity index (χ0v) is 45.1. The number of rotatable bonds is 15. The molecular formula is C53H85FN8O11. The molecule has 0 saturated carbocycles. The average Bonchev–Trinajstić information content (AvgIpc) is 3.83. The number of carbonyl (C=O) groups is 1. The van der Waals surface area contributed by atoms with Crippen LogP contribution in [0.3, 0.4) is 0 Å². The van der Waals surface area contributed by atoms with Crippen LogP contribution in [0.25, 0.3) is 11.1 Å². The van der Waals surface area contributed by atoms with E-state index in [2.05, 4.69) is 25.2 Å². The van der Waals surface area contributed by atoms with Gasteiger partial charge < -0.3 is 64.4 Å². The molecule has 19 nitrogen and oxygen atoms in total. The number of anilines is 1. The third-order valence-corrected chi connectivity index (χ3v) is 15.9. The second kappa shape index (κ2) is 24.9. The lowest BCUT2D eigenvalue weighted by molar-refractivity contribution is -0.299. The molecule has 17 atom stereocenters. The van der Waals surface area contributed by atoms with E-state index < -0.39 is 96.7 Å². The summed E-state index contributed by atoms with van der Waals surface area (Å²) in [5.41, 5.74) is 4.74. The molecule has 3 aliphatic rings. The monoisotopic (exact) mass is 1030 g/mol. The van der Waals surface area contributed by atoms with Crippen LogP contribution >= 0.6 is 0 Å². The summed E-state index contributed by atoms with van der Waals surface area (Å²) >= 11 is 0. The van der Waals surface area contributed by atoms with Crippen LogP contribution in [-0.4, -0.2) is 186 Å². The van der Waals surface area contributed by atoms with Gasteiger partial charge in [-0.25, -0.2) is 19.0 Å². The quantitative estimate of drug-likeness (QED) is 0.130. The lowest BCUT2D eigenvalue weighted by Crippen LogP contribution is -2.59. The number of cyclic esters (lactones) is 1. The van der Waals surface area contributed by atoms with Crippen molar-refractivity contribution in [1.82, 2.24) is 34.8 Å². The van der Waals surface area contributed by atoms with E-state index in [1.54, 1.807) is 51.7 Å². The Morgan fingerprint density at radius 2 is 1.63 bits per heavy atom. The summed E-state index contributed by atoms with van der Waals surface area (Å²) in [5, 5.41) is 55.9. The standard InChI is InChI=1S/C53H85FN8O11/c1-13-43-53(9,67)47(63)34(5)61(11)29-31(2)24-51(7,66)44(23-42(33(4)49(65)73-43)71-46-25-52(8,68-12)48(64)35(6)70-46)72-45-22-40(20-32(3)69-45)60(10)19-18-39-30-62(59-58-39)41(26-54)21-36-14-16-37(17-15-36)38-27-56-50(55)57-28-38/h14-17,27-28,30-35,40-48,63-64,66-67H,13,18-26,29H2,1-12H3,(H2,55,56,57)/t31-,32-,33-,34-,35+,40+,41+,42+,43-,44-,45+,46+,47-,48+,51-,52-,53-/m1/s1. The number of nitrogens with two attached hydrogens (primary N) is 1. The summed E-state index contributed by atoms with van der Waals surface area (Å²) in [4.78, 5) is 26.7. The summed E-state index contributed by atoms with van der Waals surface area (Å²) in [7, 11) is 5.41. The number of aliphatic hydroxyl groups is 4. The number of carbonyl (C=O) groups excluding carboxylic acids is 1. The second-order valence-corrected chi connectivity index (χ2v) is 22.1. The number of aliphatic hydroxyl groups excluding tert-OH is 2. The Morgan fingerprint density at radius 3 is 2.27 bits per heavy atom. The first-order chi connectivity index (χ1) is 34.4. The number of esters is 1. The summed E-state index contributed by atoms with van der Waals surface area (Å²) in [6.45, 7) is 16.5. The molecule has 3 saturated heterocycles. The number of hydrogen-bond donors (Lipinski definition) is 5. The minimum atomic E-state index is -1.81. The van der Waals surface area contributed by atoms with Crippen molar-refractivity contribution in [2.45, 2.75) is 204 Å². The number of hydrogen-bond acceptors (Lipinski definition) is 18. The number of halogens is 1. The van der Waals surface area contributed by atoms with Crippen molar-refractivity contribution in [2.75, 3.05) is 46.7 Å². The highest BCUT2D eigenvalue weighted by Gasteiger charge is 2.50. The maximum absolute atomic E-state index is 14.5. The summed E-state index contributed by atoms with van der Waals surface area (Å²) < 4.78 is 54.4. The van der Waals surface area contributed by atoms with Crippen LogP contribution in [-0.2, 0) is 46.1 Å². The zero-order chi connectivity index (χ0) is 53.6. The Kier molecular flexibility index (Phi) is 19.9. The highest BCUT2D eigenvalue weighted by Crippen LogP contribution is 2.38. The molecule has 410 valence electrons. The first-order valence-corrected chi connectivity index (χ1v) is 26.1. The molecule has 3 fully saturated rings. The Bertz CT molecular complexity index is 2190. The third-order valence-electron chi connectivity index (χ3n) is 15.9. The SMILES string of the molecule is CC[C@H]1OC(=O)[C@H](C)[C@@H](O[C@H]2C[C@@](C)(OC)[C@@H](O)[C@H](C)O2)C[C@@H](O[C@H]2C[C@@H](N(C)CCc3cn([C@H](CF)Cc4ccc(-c5cnc(N)nc5)cc4)nn3)C[C@@H](C)O2)[C@](C)(O)C[C@@H](C)CN(C)[C@H](C)[C@@H](O)[C@]1(C)O. The molecule has 1 aromatic carbocycles. The Labute approximate surface area is 431 Å². The molecule has 73 heavy (non-hydrogen) atoms. The van der Waals surface area contributed by atoms with Crippen LogP contribution in [0.2, 0.25) is 0 Å². The van der Waals surface area contributed by atoms with Gasteiger partial charge in [0.15, 0.2) is 12.6 Å². The van der Waals surface area contributed by atoms with Crippen molar-refractivity contribution < 1.29 is 58.0 Å². The van der Waals surface area contributed by atoms with Gasteiger partial charge in [-0.05, 0) is 105 Å².